The van der Waals surface area contributed by atoms with Crippen LogP contribution in [0.4, 0.5) is 10.5 Å². The van der Waals surface area contributed by atoms with Crippen molar-refractivity contribution in [3.05, 3.63) is 28.8 Å². The van der Waals surface area contributed by atoms with Crippen LogP contribution in [0, 0.1) is 23.7 Å². The molecule has 2 fully saturated rings. The molecule has 102 valence electrons. The first-order chi connectivity index (χ1) is 9.67. The van der Waals surface area contributed by atoms with Crippen LogP contribution >= 0.6 is 11.6 Å². The fourth-order valence-electron chi connectivity index (χ4n) is 2.71. The molecular formula is C16H14ClNO2. The lowest BCUT2D eigenvalue weighted by atomic mass is 9.86. The molecule has 0 saturated heterocycles. The third-order valence-electron chi connectivity index (χ3n) is 4.06. The molecule has 3 nitrogen and oxygen atoms in total. The molecule has 1 atom stereocenters. The number of halogens is 1. The zero-order valence-corrected chi connectivity index (χ0v) is 11.7. The van der Waals surface area contributed by atoms with E-state index in [1.54, 1.807) is 6.07 Å². The van der Waals surface area contributed by atoms with Crippen molar-refractivity contribution in [3.8, 4) is 11.8 Å². The zero-order valence-electron chi connectivity index (χ0n) is 10.9. The molecule has 1 aromatic rings. The fraction of sp³-hybridized carbons (Fsp3) is 0.438. The van der Waals surface area contributed by atoms with Gasteiger partial charge in [-0.05, 0) is 43.7 Å². The SMILES string of the molecule is O=C1Nc2cc(Cl)ccc2C(C#CC2CC2)(C2CC2)O1. The molecule has 0 radical (unpaired) electrons. The number of fused-ring (bicyclic) bond motifs is 1. The number of amides is 1. The number of hydrogen-bond donors (Lipinski definition) is 1. The Kier molecular flexibility index (Phi) is 2.52. The normalized spacial score (nSPS) is 27.8. The highest BCUT2D eigenvalue weighted by atomic mass is 35.5. The smallest absolute Gasteiger partial charge is 0.413 e. The highest BCUT2D eigenvalue weighted by molar-refractivity contribution is 6.31. The van der Waals surface area contributed by atoms with Crippen molar-refractivity contribution in [2.75, 3.05) is 5.32 Å². The summed E-state index contributed by atoms with van der Waals surface area (Å²) in [5.74, 6) is 7.35. The number of benzene rings is 1. The highest BCUT2D eigenvalue weighted by Gasteiger charge is 2.52. The Labute approximate surface area is 122 Å². The Bertz CT molecular complexity index is 652. The third kappa shape index (κ3) is 1.96. The van der Waals surface area contributed by atoms with E-state index in [0.717, 1.165) is 36.9 Å². The Morgan fingerprint density at radius 1 is 1.30 bits per heavy atom. The van der Waals surface area contributed by atoms with E-state index >= 15 is 0 Å². The van der Waals surface area contributed by atoms with Gasteiger partial charge in [-0.3, -0.25) is 5.32 Å². The van der Waals surface area contributed by atoms with Gasteiger partial charge in [-0.2, -0.15) is 0 Å². The maximum Gasteiger partial charge on any atom is 0.413 e. The molecule has 4 heteroatoms. The molecule has 20 heavy (non-hydrogen) atoms. The number of carbonyl (C=O) groups is 1. The second-order valence-corrected chi connectivity index (χ2v) is 6.19. The molecule has 4 rings (SSSR count). The monoisotopic (exact) mass is 287 g/mol. The quantitative estimate of drug-likeness (QED) is 0.795. The van der Waals surface area contributed by atoms with Crippen molar-refractivity contribution in [1.82, 2.24) is 0 Å². The van der Waals surface area contributed by atoms with E-state index < -0.39 is 11.7 Å². The van der Waals surface area contributed by atoms with E-state index in [-0.39, 0.29) is 0 Å². The first kappa shape index (κ1) is 12.1. The number of cyclic esters (lactones) is 1. The number of carbonyl (C=O) groups excluding carboxylic acids is 1. The van der Waals surface area contributed by atoms with Gasteiger partial charge in [0, 0.05) is 22.4 Å². The lowest BCUT2D eigenvalue weighted by Gasteiger charge is -2.35. The van der Waals surface area contributed by atoms with Gasteiger partial charge in [0.15, 0.2) is 0 Å². The molecule has 1 unspecified atom stereocenters. The average Bonchev–Trinajstić information content (AvgIpc) is 3.27. The summed E-state index contributed by atoms with van der Waals surface area (Å²) in [6, 6.07) is 5.53. The van der Waals surface area contributed by atoms with Gasteiger partial charge >= 0.3 is 6.09 Å². The first-order valence-electron chi connectivity index (χ1n) is 7.00. The minimum atomic E-state index is -0.773. The van der Waals surface area contributed by atoms with Crippen molar-refractivity contribution in [2.45, 2.75) is 31.3 Å². The van der Waals surface area contributed by atoms with Crippen LogP contribution in [-0.4, -0.2) is 6.09 Å². The predicted octanol–water partition coefficient (Wildman–Crippen LogP) is 3.92. The third-order valence-corrected chi connectivity index (χ3v) is 4.30. The molecule has 0 spiro atoms. The average molecular weight is 288 g/mol. The summed E-state index contributed by atoms with van der Waals surface area (Å²) in [4.78, 5) is 11.9. The summed E-state index contributed by atoms with van der Waals surface area (Å²) in [6.07, 6.45) is 3.99. The van der Waals surface area contributed by atoms with Crippen LogP contribution in [0.2, 0.25) is 5.02 Å². The number of nitrogens with one attached hydrogen (secondary N) is 1. The summed E-state index contributed by atoms with van der Waals surface area (Å²) < 4.78 is 5.68. The molecule has 0 aromatic heterocycles. The predicted molar refractivity (Wildman–Crippen MR) is 76.5 cm³/mol. The number of hydrogen-bond acceptors (Lipinski definition) is 2. The van der Waals surface area contributed by atoms with Crippen molar-refractivity contribution in [1.29, 1.82) is 0 Å². The van der Waals surface area contributed by atoms with Crippen molar-refractivity contribution in [2.24, 2.45) is 11.8 Å². The van der Waals surface area contributed by atoms with Crippen LogP contribution in [0.15, 0.2) is 18.2 Å². The lowest BCUT2D eigenvalue weighted by molar-refractivity contribution is 0.0405. The van der Waals surface area contributed by atoms with Crippen molar-refractivity contribution >= 4 is 23.4 Å². The first-order valence-corrected chi connectivity index (χ1v) is 7.38. The number of rotatable bonds is 1. The van der Waals surface area contributed by atoms with Crippen LogP contribution < -0.4 is 5.32 Å². The van der Waals surface area contributed by atoms with E-state index in [1.165, 1.54) is 0 Å². The van der Waals surface area contributed by atoms with E-state index in [4.69, 9.17) is 16.3 Å². The minimum absolute atomic E-state index is 0.305. The molecule has 0 bridgehead atoms. The number of ether oxygens (including phenoxy) is 1. The van der Waals surface area contributed by atoms with E-state index in [0.29, 0.717) is 16.9 Å². The molecule has 1 N–H and O–H groups in total. The van der Waals surface area contributed by atoms with E-state index in [1.807, 2.05) is 12.1 Å². The molecule has 3 aliphatic rings. The maximum atomic E-state index is 11.9. The summed E-state index contributed by atoms with van der Waals surface area (Å²) in [5, 5.41) is 3.33. The van der Waals surface area contributed by atoms with E-state index in [2.05, 4.69) is 17.2 Å². The number of anilines is 1. The molecule has 1 aliphatic heterocycles. The van der Waals surface area contributed by atoms with E-state index in [9.17, 15) is 4.79 Å². The summed E-state index contributed by atoms with van der Waals surface area (Å²) in [5.41, 5.74) is 0.896. The molecule has 1 amide bonds. The summed E-state index contributed by atoms with van der Waals surface area (Å²) in [6.45, 7) is 0. The summed E-state index contributed by atoms with van der Waals surface area (Å²) in [7, 11) is 0. The molecule has 1 aromatic carbocycles. The Hall–Kier alpha value is -1.66. The van der Waals surface area contributed by atoms with Gasteiger partial charge in [0.05, 0.1) is 5.69 Å². The fourth-order valence-corrected chi connectivity index (χ4v) is 2.88. The van der Waals surface area contributed by atoms with Gasteiger partial charge in [0.25, 0.3) is 0 Å². The molecule has 2 saturated carbocycles. The highest BCUT2D eigenvalue weighted by Crippen LogP contribution is 2.52. The van der Waals surface area contributed by atoms with Crippen LogP contribution in [0.3, 0.4) is 0 Å². The second kappa shape index (κ2) is 4.17. The van der Waals surface area contributed by atoms with Gasteiger partial charge in [-0.1, -0.05) is 23.6 Å². The van der Waals surface area contributed by atoms with Gasteiger partial charge in [-0.15, -0.1) is 0 Å². The second-order valence-electron chi connectivity index (χ2n) is 5.76. The van der Waals surface area contributed by atoms with Crippen LogP contribution in [0.25, 0.3) is 0 Å². The largest absolute Gasteiger partial charge is 0.425 e. The van der Waals surface area contributed by atoms with Crippen LogP contribution in [0.1, 0.15) is 31.2 Å². The minimum Gasteiger partial charge on any atom is -0.425 e. The summed E-state index contributed by atoms with van der Waals surface area (Å²) >= 11 is 6.02. The Morgan fingerprint density at radius 3 is 2.80 bits per heavy atom. The van der Waals surface area contributed by atoms with Crippen molar-refractivity contribution < 1.29 is 9.53 Å². The van der Waals surface area contributed by atoms with Gasteiger partial charge in [-0.25, -0.2) is 4.79 Å². The maximum absolute atomic E-state index is 11.9. The molecule has 1 heterocycles. The Morgan fingerprint density at radius 2 is 2.10 bits per heavy atom. The van der Waals surface area contributed by atoms with Gasteiger partial charge in [0.1, 0.15) is 0 Å². The van der Waals surface area contributed by atoms with Crippen molar-refractivity contribution in [3.63, 3.8) is 0 Å². The lowest BCUT2D eigenvalue weighted by Crippen LogP contribution is -2.40. The zero-order chi connectivity index (χ0) is 13.7. The van der Waals surface area contributed by atoms with Gasteiger partial charge < -0.3 is 4.74 Å². The van der Waals surface area contributed by atoms with Crippen LogP contribution in [0.5, 0.6) is 0 Å². The molecular weight excluding hydrogens is 274 g/mol. The Balaban J connectivity index is 1.86. The standard InChI is InChI=1S/C16H14ClNO2/c17-12-5-6-13-14(9-12)18-15(19)20-16(13,11-3-4-11)8-7-10-1-2-10/h5-6,9-11H,1-4H2,(H,18,19). The van der Waals surface area contributed by atoms with Crippen LogP contribution in [-0.2, 0) is 10.3 Å². The van der Waals surface area contributed by atoms with Gasteiger partial charge in [0.2, 0.25) is 5.60 Å². The molecule has 2 aliphatic carbocycles. The topological polar surface area (TPSA) is 38.3 Å².